The highest BCUT2D eigenvalue weighted by atomic mass is 14.9. The van der Waals surface area contributed by atoms with Crippen molar-refractivity contribution < 1.29 is 18.3 Å². The first kappa shape index (κ1) is 39.6. The average Bonchev–Trinajstić information content (AvgIpc) is 3.37. The smallest absolute Gasteiger partial charge is 0.175 e. The second-order valence-electron chi connectivity index (χ2n) is 15.7. The van der Waals surface area contributed by atoms with E-state index >= 15 is 0 Å². The van der Waals surface area contributed by atoms with Gasteiger partial charge < -0.3 is 0 Å². The number of aromatic nitrogens is 10. The van der Waals surface area contributed by atoms with Crippen molar-refractivity contribution in [2.24, 2.45) is 0 Å². The van der Waals surface area contributed by atoms with Crippen LogP contribution in [0.3, 0.4) is 0 Å². The maximum absolute atomic E-state index is 4.76. The molecule has 0 amide bonds. The van der Waals surface area contributed by atoms with E-state index in [1.807, 2.05) is 85.5 Å². The molecule has 0 unspecified atom stereocenters. The lowest BCUT2D eigenvalue weighted by Crippen LogP contribution is -2.33. The SMILES string of the molecule is c1ccc(-c2ccc(C[n+]3ccc(-c4cc[n+](Cc5ccc(-c6ccc(C[n+]7ccc(-c8cc[n+](Cc9ccc(-c%10ccccn%10)nc9)cc8)cc7)cn6)nc5)cc4)cc3)cn2)nc1. The van der Waals surface area contributed by atoms with E-state index in [1.54, 1.807) is 12.4 Å². The van der Waals surface area contributed by atoms with E-state index in [9.17, 15) is 0 Å². The summed E-state index contributed by atoms with van der Waals surface area (Å²) >= 11 is 0. The maximum Gasteiger partial charge on any atom is 0.175 e. The molecule has 64 heavy (non-hydrogen) atoms. The van der Waals surface area contributed by atoms with Crippen LogP contribution in [0.1, 0.15) is 22.3 Å². The Hall–Kier alpha value is -8.50. The fraction of sp³-hybridized carbons (Fsp3) is 0.0741. The minimum Gasteiger partial charge on any atom is -0.255 e. The van der Waals surface area contributed by atoms with Gasteiger partial charge in [0.2, 0.25) is 0 Å². The van der Waals surface area contributed by atoms with Gasteiger partial charge in [0.1, 0.15) is 0 Å². The van der Waals surface area contributed by atoms with Crippen molar-refractivity contribution in [3.63, 3.8) is 0 Å². The molecule has 0 aliphatic rings. The molecule has 10 rings (SSSR count). The van der Waals surface area contributed by atoms with Crippen molar-refractivity contribution in [2.75, 3.05) is 0 Å². The van der Waals surface area contributed by atoms with Crippen LogP contribution in [0.2, 0.25) is 0 Å². The van der Waals surface area contributed by atoms with Gasteiger partial charge in [-0.25, -0.2) is 18.3 Å². The van der Waals surface area contributed by atoms with Gasteiger partial charge in [0, 0.05) is 108 Å². The summed E-state index contributed by atoms with van der Waals surface area (Å²) in [5.41, 5.74) is 14.4. The van der Waals surface area contributed by atoms with Gasteiger partial charge in [-0.3, -0.25) is 29.9 Å². The van der Waals surface area contributed by atoms with Gasteiger partial charge in [0.15, 0.2) is 75.8 Å². The summed E-state index contributed by atoms with van der Waals surface area (Å²) < 4.78 is 8.66. The average molecular weight is 833 g/mol. The fourth-order valence-corrected chi connectivity index (χ4v) is 7.57. The van der Waals surface area contributed by atoms with Gasteiger partial charge in [-0.05, 0) is 95.1 Å². The summed E-state index contributed by atoms with van der Waals surface area (Å²) in [5.74, 6) is 0. The Morgan fingerprint density at radius 2 is 0.500 bits per heavy atom. The van der Waals surface area contributed by atoms with Crippen LogP contribution in [-0.2, 0) is 26.2 Å². The van der Waals surface area contributed by atoms with Crippen LogP contribution in [0.4, 0.5) is 0 Å². The largest absolute Gasteiger partial charge is 0.255 e. The molecular formula is C54H44N10+4. The summed E-state index contributed by atoms with van der Waals surface area (Å²) in [7, 11) is 0. The van der Waals surface area contributed by atoms with Crippen LogP contribution in [-0.4, -0.2) is 29.9 Å². The van der Waals surface area contributed by atoms with Crippen molar-refractivity contribution >= 4 is 0 Å². The highest BCUT2D eigenvalue weighted by molar-refractivity contribution is 5.62. The maximum atomic E-state index is 4.76. The second-order valence-corrected chi connectivity index (χ2v) is 15.7. The minimum absolute atomic E-state index is 0.725. The van der Waals surface area contributed by atoms with E-state index in [0.29, 0.717) is 0 Å². The molecule has 0 spiro atoms. The zero-order chi connectivity index (χ0) is 42.9. The Labute approximate surface area is 371 Å². The molecule has 0 fully saturated rings. The lowest BCUT2D eigenvalue weighted by atomic mass is 10.1. The number of hydrogen-bond acceptors (Lipinski definition) is 6. The summed E-state index contributed by atoms with van der Waals surface area (Å²) in [6.07, 6.45) is 28.2. The number of rotatable bonds is 13. The summed E-state index contributed by atoms with van der Waals surface area (Å²) in [5, 5.41) is 0. The third-order valence-corrected chi connectivity index (χ3v) is 11.1. The first-order valence-electron chi connectivity index (χ1n) is 21.2. The van der Waals surface area contributed by atoms with Crippen LogP contribution in [0.25, 0.3) is 56.4 Å². The molecule has 0 saturated heterocycles. The summed E-state index contributed by atoms with van der Waals surface area (Å²) in [6.45, 7) is 2.94. The normalized spacial score (nSPS) is 11.1. The van der Waals surface area contributed by atoms with E-state index in [2.05, 4.69) is 161 Å². The van der Waals surface area contributed by atoms with Crippen LogP contribution >= 0.6 is 0 Å². The molecule has 306 valence electrons. The lowest BCUT2D eigenvalue weighted by molar-refractivity contribution is -0.688. The summed E-state index contributed by atoms with van der Waals surface area (Å²) in [6, 6.07) is 45.6. The Balaban J connectivity index is 0.694. The first-order chi connectivity index (χ1) is 31.6. The number of pyridine rings is 10. The molecule has 10 heteroatoms. The Morgan fingerprint density at radius 1 is 0.250 bits per heavy atom. The first-order valence-corrected chi connectivity index (χ1v) is 21.2. The topological polar surface area (TPSA) is 92.9 Å². The summed E-state index contributed by atoms with van der Waals surface area (Å²) in [4.78, 5) is 27.5. The van der Waals surface area contributed by atoms with E-state index in [4.69, 9.17) is 9.97 Å². The number of hydrogen-bond donors (Lipinski definition) is 0. The Morgan fingerprint density at radius 3 is 0.703 bits per heavy atom. The molecule has 0 atom stereocenters. The Kier molecular flexibility index (Phi) is 11.5. The molecule has 10 heterocycles. The van der Waals surface area contributed by atoms with Gasteiger partial charge in [-0.2, -0.15) is 0 Å². The quantitative estimate of drug-likeness (QED) is 0.111. The highest BCUT2D eigenvalue weighted by Gasteiger charge is 2.12. The van der Waals surface area contributed by atoms with Gasteiger partial charge in [-0.15, -0.1) is 0 Å². The van der Waals surface area contributed by atoms with E-state index < -0.39 is 0 Å². The molecule has 10 nitrogen and oxygen atoms in total. The standard InChI is InChI=1S/C54H44N10/c1-3-23-55-49(5-1)51-11-7-41(33-57-51)37-61-25-15-45(16-26-61)47-19-29-63(30-20-47)39-43-9-13-53(59-35-43)54-14-10-44(36-60-54)40-64-31-21-48(22-32-64)46-17-27-62(28-18-46)38-42-8-12-52(58-34-42)50-6-2-4-24-56-50/h1-36H,37-40H2/q+4. The second kappa shape index (κ2) is 18.6. The van der Waals surface area contributed by atoms with Gasteiger partial charge in [0.05, 0.1) is 34.2 Å². The molecule has 0 radical (unpaired) electrons. The molecular weight excluding hydrogens is 789 g/mol. The van der Waals surface area contributed by atoms with Crippen LogP contribution in [0, 0.1) is 0 Å². The molecule has 10 aromatic heterocycles. The van der Waals surface area contributed by atoms with Crippen molar-refractivity contribution in [3.05, 3.63) is 242 Å². The van der Waals surface area contributed by atoms with Crippen LogP contribution < -0.4 is 18.3 Å². The lowest BCUT2D eigenvalue weighted by Gasteiger charge is -2.05. The van der Waals surface area contributed by atoms with Crippen molar-refractivity contribution in [1.29, 1.82) is 0 Å². The van der Waals surface area contributed by atoms with Crippen molar-refractivity contribution in [3.8, 4) is 56.4 Å². The predicted octanol–water partition coefficient (Wildman–Crippen LogP) is 7.73. The number of nitrogens with zero attached hydrogens (tertiary/aromatic N) is 10. The van der Waals surface area contributed by atoms with Gasteiger partial charge in [-0.1, -0.05) is 12.1 Å². The Bertz CT molecular complexity index is 2840. The molecule has 0 saturated carbocycles. The molecule has 0 aromatic carbocycles. The van der Waals surface area contributed by atoms with Crippen molar-refractivity contribution in [1.82, 2.24) is 29.9 Å². The van der Waals surface area contributed by atoms with E-state index in [1.165, 1.54) is 22.3 Å². The molecule has 0 N–H and O–H groups in total. The third-order valence-electron chi connectivity index (χ3n) is 11.1. The minimum atomic E-state index is 0.725. The molecule has 0 aliphatic heterocycles. The zero-order valence-corrected chi connectivity index (χ0v) is 35.1. The predicted molar refractivity (Wildman–Crippen MR) is 243 cm³/mol. The van der Waals surface area contributed by atoms with Crippen molar-refractivity contribution in [2.45, 2.75) is 26.2 Å². The molecule has 10 aromatic rings. The molecule has 0 aliphatic carbocycles. The van der Waals surface area contributed by atoms with Gasteiger partial charge in [0.25, 0.3) is 0 Å². The van der Waals surface area contributed by atoms with Crippen LogP contribution in [0.5, 0.6) is 0 Å². The fourth-order valence-electron chi connectivity index (χ4n) is 7.57. The zero-order valence-electron chi connectivity index (χ0n) is 35.1. The monoisotopic (exact) mass is 832 g/mol. The third kappa shape index (κ3) is 9.67. The highest BCUT2D eigenvalue weighted by Crippen LogP contribution is 2.20. The van der Waals surface area contributed by atoms with E-state index in [0.717, 1.165) is 82.6 Å². The van der Waals surface area contributed by atoms with Crippen LogP contribution in [0.15, 0.2) is 220 Å². The van der Waals surface area contributed by atoms with Gasteiger partial charge >= 0.3 is 0 Å². The molecule has 0 bridgehead atoms. The van der Waals surface area contributed by atoms with E-state index in [-0.39, 0.29) is 0 Å².